The van der Waals surface area contributed by atoms with Gasteiger partial charge in [-0.15, -0.1) is 0 Å². The van der Waals surface area contributed by atoms with E-state index in [1.54, 1.807) is 18.5 Å². The van der Waals surface area contributed by atoms with Crippen molar-refractivity contribution in [1.29, 1.82) is 0 Å². The third-order valence-corrected chi connectivity index (χ3v) is 2.82. The maximum atomic E-state index is 11.8. The SMILES string of the molecule is Cc1cc(C)c(CNC(=O)Cn2cccn2)c(=O)[nH]1. The van der Waals surface area contributed by atoms with Crippen LogP contribution in [0.25, 0.3) is 0 Å². The molecule has 0 aliphatic carbocycles. The Morgan fingerprint density at radius 1 is 1.47 bits per heavy atom. The number of carbonyl (C=O) groups is 1. The fourth-order valence-corrected chi connectivity index (χ4v) is 1.89. The van der Waals surface area contributed by atoms with Crippen LogP contribution in [-0.2, 0) is 17.9 Å². The first kappa shape index (κ1) is 13.1. The highest BCUT2D eigenvalue weighted by Gasteiger charge is 2.08. The molecule has 0 unspecified atom stereocenters. The summed E-state index contributed by atoms with van der Waals surface area (Å²) in [6.45, 7) is 4.06. The Morgan fingerprint density at radius 2 is 2.26 bits per heavy atom. The number of amides is 1. The Labute approximate surface area is 110 Å². The minimum atomic E-state index is -0.178. The fourth-order valence-electron chi connectivity index (χ4n) is 1.89. The number of carbonyl (C=O) groups excluding carboxylic acids is 1. The molecule has 0 bridgehead atoms. The molecule has 6 nitrogen and oxygen atoms in total. The van der Waals surface area contributed by atoms with Crippen LogP contribution >= 0.6 is 0 Å². The Bertz CT molecular complexity index is 629. The van der Waals surface area contributed by atoms with Crippen LogP contribution in [0.5, 0.6) is 0 Å². The number of hydrogen-bond donors (Lipinski definition) is 2. The molecule has 0 aliphatic rings. The van der Waals surface area contributed by atoms with Crippen molar-refractivity contribution in [2.45, 2.75) is 26.9 Å². The van der Waals surface area contributed by atoms with Gasteiger partial charge in [0.15, 0.2) is 0 Å². The first-order chi connectivity index (χ1) is 9.06. The highest BCUT2D eigenvalue weighted by Crippen LogP contribution is 2.02. The van der Waals surface area contributed by atoms with Gasteiger partial charge in [-0.2, -0.15) is 5.10 Å². The number of aryl methyl sites for hydroxylation is 2. The zero-order chi connectivity index (χ0) is 13.8. The van der Waals surface area contributed by atoms with E-state index in [1.165, 1.54) is 4.68 Å². The lowest BCUT2D eigenvalue weighted by atomic mass is 10.1. The zero-order valence-corrected chi connectivity index (χ0v) is 10.9. The van der Waals surface area contributed by atoms with Gasteiger partial charge in [-0.05, 0) is 31.5 Å². The Morgan fingerprint density at radius 3 is 2.89 bits per heavy atom. The summed E-state index contributed by atoms with van der Waals surface area (Å²) in [5.74, 6) is -0.178. The lowest BCUT2D eigenvalue weighted by Crippen LogP contribution is -2.30. The van der Waals surface area contributed by atoms with E-state index in [0.717, 1.165) is 11.3 Å². The Balaban J connectivity index is 1.99. The molecule has 100 valence electrons. The van der Waals surface area contributed by atoms with Gasteiger partial charge in [0.1, 0.15) is 6.54 Å². The van der Waals surface area contributed by atoms with Crippen LogP contribution in [0.2, 0.25) is 0 Å². The molecular weight excluding hydrogens is 244 g/mol. The van der Waals surface area contributed by atoms with Gasteiger partial charge in [-0.3, -0.25) is 14.3 Å². The quantitative estimate of drug-likeness (QED) is 0.840. The van der Waals surface area contributed by atoms with Crippen LogP contribution in [0.15, 0.2) is 29.3 Å². The second-order valence-corrected chi connectivity index (χ2v) is 4.42. The van der Waals surface area contributed by atoms with E-state index in [-0.39, 0.29) is 24.6 Å². The van der Waals surface area contributed by atoms with Crippen molar-refractivity contribution in [1.82, 2.24) is 20.1 Å². The van der Waals surface area contributed by atoms with Gasteiger partial charge in [0.25, 0.3) is 5.56 Å². The molecule has 2 N–H and O–H groups in total. The van der Waals surface area contributed by atoms with Crippen molar-refractivity contribution in [3.63, 3.8) is 0 Å². The van der Waals surface area contributed by atoms with E-state index in [9.17, 15) is 9.59 Å². The zero-order valence-electron chi connectivity index (χ0n) is 10.9. The number of nitrogens with one attached hydrogen (secondary N) is 2. The highest BCUT2D eigenvalue weighted by atomic mass is 16.2. The predicted molar refractivity (Wildman–Crippen MR) is 70.6 cm³/mol. The van der Waals surface area contributed by atoms with Gasteiger partial charge in [-0.1, -0.05) is 0 Å². The fraction of sp³-hybridized carbons (Fsp3) is 0.308. The van der Waals surface area contributed by atoms with Crippen molar-refractivity contribution in [2.75, 3.05) is 0 Å². The van der Waals surface area contributed by atoms with Gasteiger partial charge in [0.2, 0.25) is 5.91 Å². The number of nitrogens with zero attached hydrogens (tertiary/aromatic N) is 2. The highest BCUT2D eigenvalue weighted by molar-refractivity contribution is 5.75. The van der Waals surface area contributed by atoms with Gasteiger partial charge < -0.3 is 10.3 Å². The molecule has 0 radical (unpaired) electrons. The van der Waals surface area contributed by atoms with E-state index in [0.29, 0.717) is 5.56 Å². The first-order valence-electron chi connectivity index (χ1n) is 6.00. The number of aromatic nitrogens is 3. The second-order valence-electron chi connectivity index (χ2n) is 4.42. The van der Waals surface area contributed by atoms with Crippen molar-refractivity contribution >= 4 is 5.91 Å². The molecule has 0 spiro atoms. The molecule has 0 aliphatic heterocycles. The molecule has 0 aromatic carbocycles. The molecule has 0 atom stereocenters. The van der Waals surface area contributed by atoms with Crippen LogP contribution in [-0.4, -0.2) is 20.7 Å². The van der Waals surface area contributed by atoms with Crippen LogP contribution in [0.4, 0.5) is 0 Å². The number of rotatable bonds is 4. The average Bonchev–Trinajstić information content (AvgIpc) is 2.80. The topological polar surface area (TPSA) is 79.8 Å². The summed E-state index contributed by atoms with van der Waals surface area (Å²) < 4.78 is 1.53. The number of pyridine rings is 1. The molecule has 0 saturated heterocycles. The van der Waals surface area contributed by atoms with Crippen LogP contribution in [0.3, 0.4) is 0 Å². The van der Waals surface area contributed by atoms with Crippen molar-refractivity contribution in [3.05, 3.63) is 51.7 Å². The standard InChI is InChI=1S/C13H16N4O2/c1-9-6-10(2)16-13(19)11(9)7-14-12(18)8-17-5-3-4-15-17/h3-6H,7-8H2,1-2H3,(H,14,18)(H,16,19). The first-order valence-corrected chi connectivity index (χ1v) is 6.00. The maximum absolute atomic E-state index is 11.8. The summed E-state index contributed by atoms with van der Waals surface area (Å²) in [5.41, 5.74) is 2.12. The van der Waals surface area contributed by atoms with Crippen molar-refractivity contribution in [2.24, 2.45) is 0 Å². The maximum Gasteiger partial charge on any atom is 0.253 e. The van der Waals surface area contributed by atoms with E-state index in [1.807, 2.05) is 19.9 Å². The molecule has 0 saturated carbocycles. The van der Waals surface area contributed by atoms with E-state index < -0.39 is 0 Å². The number of hydrogen-bond acceptors (Lipinski definition) is 3. The van der Waals surface area contributed by atoms with Gasteiger partial charge in [0, 0.05) is 30.2 Å². The van der Waals surface area contributed by atoms with E-state index in [2.05, 4.69) is 15.4 Å². The molecule has 0 fully saturated rings. The predicted octanol–water partition coefficient (Wildman–Crippen LogP) is 0.505. The second kappa shape index (κ2) is 5.51. The van der Waals surface area contributed by atoms with Gasteiger partial charge in [0.05, 0.1) is 0 Å². The molecule has 2 aromatic rings. The summed E-state index contributed by atoms with van der Waals surface area (Å²) in [6.07, 6.45) is 3.33. The minimum Gasteiger partial charge on any atom is -0.350 e. The molecule has 6 heteroatoms. The van der Waals surface area contributed by atoms with E-state index >= 15 is 0 Å². The smallest absolute Gasteiger partial charge is 0.253 e. The average molecular weight is 260 g/mol. The third kappa shape index (κ3) is 3.31. The van der Waals surface area contributed by atoms with Crippen LogP contribution < -0.4 is 10.9 Å². The molecule has 19 heavy (non-hydrogen) atoms. The molecule has 1 amide bonds. The third-order valence-electron chi connectivity index (χ3n) is 2.82. The van der Waals surface area contributed by atoms with Crippen LogP contribution in [0, 0.1) is 13.8 Å². The Hall–Kier alpha value is -2.37. The van der Waals surface area contributed by atoms with Crippen molar-refractivity contribution in [3.8, 4) is 0 Å². The summed E-state index contributed by atoms with van der Waals surface area (Å²) in [5, 5.41) is 6.66. The summed E-state index contributed by atoms with van der Waals surface area (Å²) in [4.78, 5) is 26.2. The normalized spacial score (nSPS) is 10.4. The lowest BCUT2D eigenvalue weighted by Gasteiger charge is -2.08. The summed E-state index contributed by atoms with van der Waals surface area (Å²) in [7, 11) is 0. The summed E-state index contributed by atoms with van der Waals surface area (Å²) >= 11 is 0. The van der Waals surface area contributed by atoms with Crippen molar-refractivity contribution < 1.29 is 4.79 Å². The van der Waals surface area contributed by atoms with E-state index in [4.69, 9.17) is 0 Å². The molecular formula is C13H16N4O2. The number of aromatic amines is 1. The minimum absolute atomic E-state index is 0.149. The Kier molecular flexibility index (Phi) is 3.79. The monoisotopic (exact) mass is 260 g/mol. The molecule has 2 aromatic heterocycles. The lowest BCUT2D eigenvalue weighted by molar-refractivity contribution is -0.122. The summed E-state index contributed by atoms with van der Waals surface area (Å²) in [6, 6.07) is 3.64. The number of H-pyrrole nitrogens is 1. The van der Waals surface area contributed by atoms with Crippen LogP contribution in [0.1, 0.15) is 16.8 Å². The molecule has 2 heterocycles. The van der Waals surface area contributed by atoms with Gasteiger partial charge in [-0.25, -0.2) is 0 Å². The molecule has 2 rings (SSSR count). The van der Waals surface area contributed by atoms with Gasteiger partial charge >= 0.3 is 0 Å². The largest absolute Gasteiger partial charge is 0.350 e.